The molecule has 180 valence electrons. The van der Waals surface area contributed by atoms with Gasteiger partial charge in [0.25, 0.3) is 0 Å². The number of carbonyl (C=O) groups is 1. The molecule has 0 atom stereocenters. The van der Waals surface area contributed by atoms with Crippen molar-refractivity contribution in [2.75, 3.05) is 38.2 Å². The Hall–Kier alpha value is -2.61. The van der Waals surface area contributed by atoms with E-state index >= 15 is 0 Å². The molecule has 1 saturated carbocycles. The molecule has 0 N–H and O–H groups in total. The van der Waals surface area contributed by atoms with Gasteiger partial charge in [-0.3, -0.25) is 9.36 Å². The second-order valence-electron chi connectivity index (χ2n) is 10.1. The third kappa shape index (κ3) is 5.49. The van der Waals surface area contributed by atoms with Crippen LogP contribution in [0.2, 0.25) is 0 Å². The number of hydrogen-bond donors (Lipinski definition) is 0. The largest absolute Gasteiger partial charge is 0.496 e. The van der Waals surface area contributed by atoms with E-state index in [1.807, 2.05) is 29.2 Å². The van der Waals surface area contributed by atoms with Crippen LogP contribution in [-0.4, -0.2) is 70.6 Å². The number of nitrogens with zero attached hydrogens (tertiary/aromatic N) is 5. The monoisotopic (exact) mass is 455 g/mol. The number of ether oxygens (including phenoxy) is 2. The van der Waals surface area contributed by atoms with Crippen LogP contribution in [0.4, 0.5) is 5.95 Å². The summed E-state index contributed by atoms with van der Waals surface area (Å²) in [6.07, 6.45) is 3.64. The highest BCUT2D eigenvalue weighted by Crippen LogP contribution is 2.37. The quantitative estimate of drug-likeness (QED) is 0.635. The fraction of sp³-hybridized carbons (Fsp3) is 0.640. The second-order valence-corrected chi connectivity index (χ2v) is 10.1. The molecule has 1 aliphatic carbocycles. The average molecular weight is 456 g/mol. The highest BCUT2D eigenvalue weighted by molar-refractivity contribution is 5.73. The van der Waals surface area contributed by atoms with Crippen LogP contribution in [0.3, 0.4) is 0 Å². The lowest BCUT2D eigenvalue weighted by atomic mass is 9.79. The van der Waals surface area contributed by atoms with Gasteiger partial charge in [-0.1, -0.05) is 12.1 Å². The van der Waals surface area contributed by atoms with Gasteiger partial charge in [0, 0.05) is 39.6 Å². The zero-order valence-corrected chi connectivity index (χ0v) is 20.6. The van der Waals surface area contributed by atoms with E-state index in [1.54, 1.807) is 14.0 Å². The summed E-state index contributed by atoms with van der Waals surface area (Å²) in [5.41, 5.74) is 0.861. The molecule has 8 nitrogen and oxygen atoms in total. The lowest BCUT2D eigenvalue weighted by molar-refractivity contribution is -0.129. The van der Waals surface area contributed by atoms with E-state index in [4.69, 9.17) is 9.47 Å². The molecule has 33 heavy (non-hydrogen) atoms. The third-order valence-electron chi connectivity index (χ3n) is 6.56. The maximum atomic E-state index is 11.7. The Morgan fingerprint density at radius 3 is 2.42 bits per heavy atom. The minimum Gasteiger partial charge on any atom is -0.496 e. The van der Waals surface area contributed by atoms with Gasteiger partial charge < -0.3 is 19.3 Å². The van der Waals surface area contributed by atoms with Gasteiger partial charge in [0.05, 0.1) is 24.4 Å². The molecular weight excluding hydrogens is 418 g/mol. The topological polar surface area (TPSA) is 72.7 Å². The Morgan fingerprint density at radius 1 is 1.09 bits per heavy atom. The Morgan fingerprint density at radius 2 is 1.79 bits per heavy atom. The molecule has 1 saturated heterocycles. The summed E-state index contributed by atoms with van der Waals surface area (Å²) in [6, 6.07) is 7.96. The predicted octanol–water partition coefficient (Wildman–Crippen LogP) is 3.61. The lowest BCUT2D eigenvalue weighted by Crippen LogP contribution is -2.49. The Balaban J connectivity index is 1.52. The van der Waals surface area contributed by atoms with Gasteiger partial charge in [0.15, 0.2) is 5.82 Å². The van der Waals surface area contributed by atoms with Crippen molar-refractivity contribution in [3.63, 3.8) is 0 Å². The first-order valence-electron chi connectivity index (χ1n) is 12.0. The number of aromatic nitrogens is 3. The molecule has 0 bridgehead atoms. The van der Waals surface area contributed by atoms with Gasteiger partial charge in [-0.2, -0.15) is 0 Å². The molecule has 2 fully saturated rings. The van der Waals surface area contributed by atoms with Crippen molar-refractivity contribution in [1.82, 2.24) is 19.7 Å². The minimum atomic E-state index is -0.0872. The molecule has 1 amide bonds. The fourth-order valence-corrected chi connectivity index (χ4v) is 4.80. The lowest BCUT2D eigenvalue weighted by Gasteiger charge is -2.39. The van der Waals surface area contributed by atoms with Crippen molar-refractivity contribution >= 4 is 11.9 Å². The SMILES string of the molecule is COc1ccccc1-c1nnc(N2CCN(C(C)=O)CC2)n1CCC1CC(OC(C)(C)C)C1. The van der Waals surface area contributed by atoms with E-state index in [2.05, 4.69) is 40.4 Å². The average Bonchev–Trinajstić information content (AvgIpc) is 3.18. The molecule has 1 aromatic heterocycles. The fourth-order valence-electron chi connectivity index (χ4n) is 4.80. The Bertz CT molecular complexity index is 953. The molecule has 0 unspecified atom stereocenters. The molecule has 2 aliphatic rings. The highest BCUT2D eigenvalue weighted by atomic mass is 16.5. The first kappa shape index (κ1) is 23.5. The summed E-state index contributed by atoms with van der Waals surface area (Å²) in [5.74, 6) is 3.27. The van der Waals surface area contributed by atoms with E-state index in [1.165, 1.54) is 0 Å². The number of piperazine rings is 1. The van der Waals surface area contributed by atoms with Gasteiger partial charge in [-0.05, 0) is 58.1 Å². The van der Waals surface area contributed by atoms with Gasteiger partial charge >= 0.3 is 0 Å². The van der Waals surface area contributed by atoms with Gasteiger partial charge in [0.2, 0.25) is 11.9 Å². The van der Waals surface area contributed by atoms with Gasteiger partial charge in [-0.15, -0.1) is 10.2 Å². The second kappa shape index (κ2) is 9.71. The zero-order chi connectivity index (χ0) is 23.6. The van der Waals surface area contributed by atoms with E-state index in [0.717, 1.165) is 62.0 Å². The van der Waals surface area contributed by atoms with Crippen LogP contribution in [-0.2, 0) is 16.1 Å². The minimum absolute atomic E-state index is 0.0872. The number of amides is 1. The number of anilines is 1. The zero-order valence-electron chi connectivity index (χ0n) is 20.6. The van der Waals surface area contributed by atoms with Crippen LogP contribution >= 0.6 is 0 Å². The molecule has 2 aromatic rings. The number of hydrogen-bond acceptors (Lipinski definition) is 6. The van der Waals surface area contributed by atoms with E-state index in [9.17, 15) is 4.79 Å². The number of rotatable bonds is 7. The Kier molecular flexibility index (Phi) is 6.93. The first-order chi connectivity index (χ1) is 15.7. The molecule has 0 radical (unpaired) electrons. The van der Waals surface area contributed by atoms with Crippen molar-refractivity contribution in [2.45, 2.75) is 65.2 Å². The molecule has 8 heteroatoms. The molecule has 4 rings (SSSR count). The van der Waals surface area contributed by atoms with Crippen molar-refractivity contribution in [3.8, 4) is 17.1 Å². The summed E-state index contributed by atoms with van der Waals surface area (Å²) in [7, 11) is 1.69. The standard InChI is InChI=1S/C25H37N5O3/c1-18(31)28-12-14-29(15-13-28)24-27-26-23(21-8-6-7-9-22(21)32-5)30(24)11-10-19-16-20(17-19)33-25(2,3)4/h6-9,19-20H,10-17H2,1-5H3. The maximum Gasteiger partial charge on any atom is 0.227 e. The van der Waals surface area contributed by atoms with Crippen LogP contribution in [0.15, 0.2) is 24.3 Å². The summed E-state index contributed by atoms with van der Waals surface area (Å²) < 4.78 is 14.0. The highest BCUT2D eigenvalue weighted by Gasteiger charge is 2.33. The summed E-state index contributed by atoms with van der Waals surface area (Å²) in [6.45, 7) is 11.8. The van der Waals surface area contributed by atoms with E-state index < -0.39 is 0 Å². The van der Waals surface area contributed by atoms with Crippen LogP contribution in [0, 0.1) is 5.92 Å². The number of benzene rings is 1. The predicted molar refractivity (Wildman–Crippen MR) is 128 cm³/mol. The van der Waals surface area contributed by atoms with Crippen molar-refractivity contribution in [1.29, 1.82) is 0 Å². The van der Waals surface area contributed by atoms with Crippen LogP contribution in [0.25, 0.3) is 11.4 Å². The summed E-state index contributed by atoms with van der Waals surface area (Å²) >= 11 is 0. The van der Waals surface area contributed by atoms with Crippen molar-refractivity contribution in [2.24, 2.45) is 5.92 Å². The molecule has 1 aliphatic heterocycles. The number of para-hydroxylation sites is 1. The smallest absolute Gasteiger partial charge is 0.227 e. The normalized spacial score (nSPS) is 21.1. The molecule has 0 spiro atoms. The third-order valence-corrected chi connectivity index (χ3v) is 6.56. The molecular formula is C25H37N5O3. The number of carbonyl (C=O) groups excluding carboxylic acids is 1. The van der Waals surface area contributed by atoms with E-state index in [0.29, 0.717) is 25.1 Å². The number of methoxy groups -OCH3 is 1. The van der Waals surface area contributed by atoms with Crippen LogP contribution in [0.5, 0.6) is 5.75 Å². The van der Waals surface area contributed by atoms with Gasteiger partial charge in [-0.25, -0.2) is 0 Å². The maximum absolute atomic E-state index is 11.7. The summed E-state index contributed by atoms with van der Waals surface area (Å²) in [4.78, 5) is 15.9. The van der Waals surface area contributed by atoms with Crippen molar-refractivity contribution < 1.29 is 14.3 Å². The van der Waals surface area contributed by atoms with Crippen molar-refractivity contribution in [3.05, 3.63) is 24.3 Å². The van der Waals surface area contributed by atoms with E-state index in [-0.39, 0.29) is 11.5 Å². The van der Waals surface area contributed by atoms with Crippen LogP contribution < -0.4 is 9.64 Å². The molecule has 2 heterocycles. The molecule has 1 aromatic carbocycles. The first-order valence-corrected chi connectivity index (χ1v) is 12.0. The van der Waals surface area contributed by atoms with Crippen LogP contribution in [0.1, 0.15) is 47.0 Å². The summed E-state index contributed by atoms with van der Waals surface area (Å²) in [5, 5.41) is 9.20. The van der Waals surface area contributed by atoms with Gasteiger partial charge in [0.1, 0.15) is 5.75 Å². The Labute approximate surface area is 196 Å².